The van der Waals surface area contributed by atoms with Crippen LogP contribution in [0.4, 0.5) is 0 Å². The van der Waals surface area contributed by atoms with Gasteiger partial charge in [0.2, 0.25) is 10.0 Å². The minimum Gasteiger partial charge on any atom is -0.388 e. The Bertz CT molecular complexity index is 1150. The molecule has 2 aliphatic rings. The van der Waals surface area contributed by atoms with Crippen molar-refractivity contribution in [3.8, 4) is 11.3 Å². The first-order valence-electron chi connectivity index (χ1n) is 8.90. The molecule has 0 saturated carbocycles. The summed E-state index contributed by atoms with van der Waals surface area (Å²) in [6, 6.07) is 13.0. The topological polar surface area (TPSA) is 98.2 Å². The molecule has 3 atom stereocenters. The van der Waals surface area contributed by atoms with E-state index in [0.29, 0.717) is 6.42 Å². The summed E-state index contributed by atoms with van der Waals surface area (Å²) >= 11 is 0. The summed E-state index contributed by atoms with van der Waals surface area (Å²) in [6.07, 6.45) is 4.45. The predicted octanol–water partition coefficient (Wildman–Crippen LogP) is 2.40. The number of aliphatic hydroxyl groups is 1. The summed E-state index contributed by atoms with van der Waals surface area (Å²) in [5.41, 5.74) is 5.05. The third-order valence-corrected chi connectivity index (χ3v) is 6.75. The van der Waals surface area contributed by atoms with Gasteiger partial charge in [0.15, 0.2) is 0 Å². The van der Waals surface area contributed by atoms with Crippen LogP contribution in [0.3, 0.4) is 0 Å². The SMILES string of the molecule is NS(=O)(=O)c1ccc2c(c1)CC[C@H]([C@H]1c3ccccc3-c3cncn31)[C@H]2O. The molecule has 0 radical (unpaired) electrons. The lowest BCUT2D eigenvalue weighted by Crippen LogP contribution is -2.29. The highest BCUT2D eigenvalue weighted by Gasteiger charge is 2.40. The molecule has 2 heterocycles. The maximum atomic E-state index is 11.6. The number of hydrogen-bond donors (Lipinski definition) is 2. The molecule has 0 fully saturated rings. The van der Waals surface area contributed by atoms with Crippen LogP contribution in [0, 0.1) is 5.92 Å². The largest absolute Gasteiger partial charge is 0.388 e. The van der Waals surface area contributed by atoms with Crippen molar-refractivity contribution in [2.45, 2.75) is 29.9 Å². The monoisotopic (exact) mass is 381 g/mol. The minimum absolute atomic E-state index is 0.0137. The number of sulfonamides is 1. The fourth-order valence-corrected chi connectivity index (χ4v) is 5.18. The van der Waals surface area contributed by atoms with Gasteiger partial charge in [0.25, 0.3) is 0 Å². The molecule has 0 amide bonds. The smallest absolute Gasteiger partial charge is 0.238 e. The third-order valence-electron chi connectivity index (χ3n) is 5.84. The van der Waals surface area contributed by atoms with Crippen LogP contribution in [0.2, 0.25) is 0 Å². The van der Waals surface area contributed by atoms with Crippen LogP contribution in [0.15, 0.2) is 59.9 Å². The van der Waals surface area contributed by atoms with Gasteiger partial charge in [0.05, 0.1) is 35.3 Å². The number of imidazole rings is 1. The number of nitrogens with zero attached hydrogens (tertiary/aromatic N) is 2. The zero-order valence-electron chi connectivity index (χ0n) is 14.5. The summed E-state index contributed by atoms with van der Waals surface area (Å²) < 4.78 is 25.4. The normalized spacial score (nSPS) is 23.6. The van der Waals surface area contributed by atoms with Crippen molar-refractivity contribution in [1.29, 1.82) is 0 Å². The molecule has 0 spiro atoms. The lowest BCUT2D eigenvalue weighted by atomic mass is 9.76. The number of benzene rings is 2. The van der Waals surface area contributed by atoms with Crippen LogP contribution < -0.4 is 5.14 Å². The first-order chi connectivity index (χ1) is 12.9. The summed E-state index contributed by atoms with van der Waals surface area (Å²) in [4.78, 5) is 4.39. The van der Waals surface area contributed by atoms with Crippen LogP contribution in [-0.2, 0) is 16.4 Å². The summed E-state index contributed by atoms with van der Waals surface area (Å²) in [5, 5.41) is 16.4. The number of nitrogens with two attached hydrogens (primary N) is 1. The second-order valence-corrected chi connectivity index (χ2v) is 8.83. The second kappa shape index (κ2) is 5.76. The van der Waals surface area contributed by atoms with Gasteiger partial charge in [0.1, 0.15) is 0 Å². The number of primary sulfonamides is 1. The number of rotatable bonds is 2. The van der Waals surface area contributed by atoms with Gasteiger partial charge in [0, 0.05) is 11.5 Å². The highest BCUT2D eigenvalue weighted by Crippen LogP contribution is 2.49. The van der Waals surface area contributed by atoms with Crippen LogP contribution in [-0.4, -0.2) is 23.1 Å². The Hall–Kier alpha value is -2.48. The van der Waals surface area contributed by atoms with Crippen molar-refractivity contribution in [1.82, 2.24) is 9.55 Å². The number of hydrogen-bond acceptors (Lipinski definition) is 4. The van der Waals surface area contributed by atoms with Crippen molar-refractivity contribution < 1.29 is 13.5 Å². The molecule has 0 bridgehead atoms. The molecule has 1 aliphatic carbocycles. The van der Waals surface area contributed by atoms with E-state index in [1.807, 2.05) is 24.7 Å². The Morgan fingerprint density at radius 3 is 2.78 bits per heavy atom. The average Bonchev–Trinajstić information content (AvgIpc) is 3.22. The predicted molar refractivity (Wildman–Crippen MR) is 100 cm³/mol. The maximum absolute atomic E-state index is 11.6. The molecular weight excluding hydrogens is 362 g/mol. The van der Waals surface area contributed by atoms with Crippen molar-refractivity contribution in [2.75, 3.05) is 0 Å². The van der Waals surface area contributed by atoms with Gasteiger partial charge < -0.3 is 9.67 Å². The molecule has 27 heavy (non-hydrogen) atoms. The Morgan fingerprint density at radius 1 is 1.15 bits per heavy atom. The molecule has 3 N–H and O–H groups in total. The van der Waals surface area contributed by atoms with E-state index in [0.717, 1.165) is 28.8 Å². The highest BCUT2D eigenvalue weighted by molar-refractivity contribution is 7.89. The van der Waals surface area contributed by atoms with Crippen LogP contribution >= 0.6 is 0 Å². The van der Waals surface area contributed by atoms with E-state index in [1.54, 1.807) is 12.1 Å². The van der Waals surface area contributed by atoms with Crippen molar-refractivity contribution in [3.63, 3.8) is 0 Å². The Morgan fingerprint density at radius 2 is 1.96 bits per heavy atom. The fourth-order valence-electron chi connectivity index (χ4n) is 4.62. The van der Waals surface area contributed by atoms with E-state index >= 15 is 0 Å². The van der Waals surface area contributed by atoms with E-state index in [1.165, 1.54) is 11.6 Å². The Labute approximate surface area is 157 Å². The van der Waals surface area contributed by atoms with E-state index in [2.05, 4.69) is 21.7 Å². The number of fused-ring (bicyclic) bond motifs is 4. The molecule has 1 aromatic heterocycles. The average molecular weight is 381 g/mol. The molecule has 3 aromatic rings. The Kier molecular flexibility index (Phi) is 3.56. The third kappa shape index (κ3) is 2.46. The number of aromatic nitrogens is 2. The van der Waals surface area contributed by atoms with Gasteiger partial charge in [-0.15, -0.1) is 0 Å². The standard InChI is InChI=1S/C20H19N3O3S/c21-27(25,26)13-6-8-14-12(9-13)5-7-17(20(14)24)19-16-4-2-1-3-15(16)18-10-22-11-23(18)19/h1-4,6,8-11,17,19-20,24H,5,7H2,(H2,21,25,26)/t17-,19-,20+/m1/s1. The maximum Gasteiger partial charge on any atom is 0.238 e. The fraction of sp³-hybridized carbons (Fsp3) is 0.250. The van der Waals surface area contributed by atoms with E-state index < -0.39 is 16.1 Å². The minimum atomic E-state index is -3.75. The molecule has 0 saturated heterocycles. The summed E-state index contributed by atoms with van der Waals surface area (Å²) in [5.74, 6) is -0.0190. The van der Waals surface area contributed by atoms with Gasteiger partial charge in [-0.1, -0.05) is 30.3 Å². The molecular formula is C20H19N3O3S. The van der Waals surface area contributed by atoms with Gasteiger partial charge >= 0.3 is 0 Å². The van der Waals surface area contributed by atoms with E-state index in [-0.39, 0.29) is 16.9 Å². The number of aryl methyl sites for hydroxylation is 1. The van der Waals surface area contributed by atoms with Crippen molar-refractivity contribution in [3.05, 3.63) is 71.7 Å². The molecule has 7 heteroatoms. The van der Waals surface area contributed by atoms with Crippen LogP contribution in [0.25, 0.3) is 11.3 Å². The van der Waals surface area contributed by atoms with Gasteiger partial charge in [-0.3, -0.25) is 0 Å². The first-order valence-corrected chi connectivity index (χ1v) is 10.4. The molecule has 5 rings (SSSR count). The lowest BCUT2D eigenvalue weighted by Gasteiger charge is -2.35. The lowest BCUT2D eigenvalue weighted by molar-refractivity contribution is 0.0719. The van der Waals surface area contributed by atoms with Crippen LogP contribution in [0.5, 0.6) is 0 Å². The van der Waals surface area contributed by atoms with Gasteiger partial charge in [-0.2, -0.15) is 0 Å². The van der Waals surface area contributed by atoms with E-state index in [4.69, 9.17) is 5.14 Å². The summed E-state index contributed by atoms with van der Waals surface area (Å²) in [7, 11) is -3.75. The van der Waals surface area contributed by atoms with Crippen molar-refractivity contribution >= 4 is 10.0 Å². The molecule has 1 aliphatic heterocycles. The van der Waals surface area contributed by atoms with Gasteiger partial charge in [-0.05, 0) is 41.7 Å². The zero-order valence-corrected chi connectivity index (χ0v) is 15.3. The highest BCUT2D eigenvalue weighted by atomic mass is 32.2. The quantitative estimate of drug-likeness (QED) is 0.712. The van der Waals surface area contributed by atoms with Gasteiger partial charge in [-0.25, -0.2) is 18.5 Å². The number of aliphatic hydroxyl groups excluding tert-OH is 1. The Balaban J connectivity index is 1.57. The molecule has 6 nitrogen and oxygen atoms in total. The molecule has 2 aromatic carbocycles. The second-order valence-electron chi connectivity index (χ2n) is 7.27. The molecule has 138 valence electrons. The zero-order chi connectivity index (χ0) is 18.8. The van der Waals surface area contributed by atoms with E-state index in [9.17, 15) is 13.5 Å². The first kappa shape index (κ1) is 16.7. The summed E-state index contributed by atoms with van der Waals surface area (Å²) in [6.45, 7) is 0. The van der Waals surface area contributed by atoms with Crippen molar-refractivity contribution in [2.24, 2.45) is 11.1 Å². The van der Waals surface area contributed by atoms with Crippen LogP contribution in [0.1, 0.15) is 35.3 Å². The molecule has 0 unspecified atom stereocenters.